The molecule has 0 aliphatic heterocycles. The van der Waals surface area contributed by atoms with E-state index in [9.17, 15) is 0 Å². The lowest BCUT2D eigenvalue weighted by Crippen LogP contribution is -2.11. The number of benzene rings is 3. The van der Waals surface area contributed by atoms with Gasteiger partial charge in [0.15, 0.2) is 0 Å². The molecule has 0 unspecified atom stereocenters. The molecule has 0 aliphatic rings. The third kappa shape index (κ3) is 2.91. The van der Waals surface area contributed by atoms with Crippen LogP contribution in [0.3, 0.4) is 0 Å². The van der Waals surface area contributed by atoms with Gasteiger partial charge in [-0.3, -0.25) is 5.41 Å². The Labute approximate surface area is 152 Å². The predicted molar refractivity (Wildman–Crippen MR) is 108 cm³/mol. The molecule has 0 spiro atoms. The van der Waals surface area contributed by atoms with E-state index in [0.717, 1.165) is 22.4 Å². The molecule has 3 nitrogen and oxygen atoms in total. The number of hydrogen-bond donors (Lipinski definition) is 2. The van der Waals surface area contributed by atoms with Crippen LogP contribution in [0.1, 0.15) is 11.3 Å². The van der Waals surface area contributed by atoms with Crippen molar-refractivity contribution in [2.45, 2.75) is 0 Å². The first-order valence-electron chi connectivity index (χ1n) is 8.51. The van der Waals surface area contributed by atoms with Crippen LogP contribution in [-0.4, -0.2) is 10.3 Å². The average molecular weight is 337 g/mol. The summed E-state index contributed by atoms with van der Waals surface area (Å²) in [6, 6.07) is 30.0. The number of nitrogens with one attached hydrogen (secondary N) is 1. The van der Waals surface area contributed by atoms with Crippen LogP contribution in [0.2, 0.25) is 0 Å². The summed E-state index contributed by atoms with van der Waals surface area (Å²) in [5.41, 5.74) is 12.0. The molecule has 0 atom stereocenters. The molecule has 1 heterocycles. The largest absolute Gasteiger partial charge is 0.397 e. The van der Waals surface area contributed by atoms with Gasteiger partial charge in [-0.15, -0.1) is 0 Å². The molecule has 26 heavy (non-hydrogen) atoms. The van der Waals surface area contributed by atoms with E-state index in [1.807, 2.05) is 83.6 Å². The second kappa shape index (κ2) is 6.73. The average Bonchev–Trinajstić information content (AvgIpc) is 3.10. The molecule has 0 bridgehead atoms. The van der Waals surface area contributed by atoms with Crippen molar-refractivity contribution in [3.05, 3.63) is 108 Å². The van der Waals surface area contributed by atoms with Crippen LogP contribution >= 0.6 is 0 Å². The second-order valence-corrected chi connectivity index (χ2v) is 6.15. The molecule has 4 rings (SSSR count). The molecule has 3 heteroatoms. The van der Waals surface area contributed by atoms with E-state index in [0.29, 0.717) is 17.1 Å². The number of nitrogen functional groups attached to an aromatic ring is 1. The van der Waals surface area contributed by atoms with Crippen LogP contribution in [0.4, 0.5) is 5.69 Å². The van der Waals surface area contributed by atoms with Crippen LogP contribution in [0, 0.1) is 5.41 Å². The fourth-order valence-corrected chi connectivity index (χ4v) is 3.14. The third-order valence-electron chi connectivity index (χ3n) is 4.45. The first kappa shape index (κ1) is 15.9. The topological polar surface area (TPSA) is 54.8 Å². The number of nitrogens with two attached hydrogens (primary N) is 1. The Morgan fingerprint density at radius 3 is 2.12 bits per heavy atom. The van der Waals surface area contributed by atoms with E-state index in [2.05, 4.69) is 18.2 Å². The van der Waals surface area contributed by atoms with Crippen LogP contribution in [-0.2, 0) is 0 Å². The van der Waals surface area contributed by atoms with E-state index in [1.54, 1.807) is 0 Å². The number of rotatable bonds is 4. The van der Waals surface area contributed by atoms with E-state index in [-0.39, 0.29) is 0 Å². The minimum Gasteiger partial charge on any atom is -0.397 e. The number of anilines is 1. The van der Waals surface area contributed by atoms with Crippen molar-refractivity contribution in [1.82, 2.24) is 4.57 Å². The zero-order valence-corrected chi connectivity index (χ0v) is 14.3. The molecule has 0 saturated carbocycles. The van der Waals surface area contributed by atoms with Gasteiger partial charge >= 0.3 is 0 Å². The fraction of sp³-hybridized carbons (Fsp3) is 0. The van der Waals surface area contributed by atoms with Gasteiger partial charge in [0.25, 0.3) is 0 Å². The molecule has 0 fully saturated rings. The summed E-state index contributed by atoms with van der Waals surface area (Å²) >= 11 is 0. The highest BCUT2D eigenvalue weighted by atomic mass is 15.0. The molecule has 0 saturated heterocycles. The minimum atomic E-state index is 0.411. The molecule has 0 aliphatic carbocycles. The highest BCUT2D eigenvalue weighted by Gasteiger charge is 2.15. The van der Waals surface area contributed by atoms with Crippen molar-refractivity contribution in [1.29, 1.82) is 5.41 Å². The van der Waals surface area contributed by atoms with Crippen molar-refractivity contribution in [2.75, 3.05) is 5.73 Å². The normalized spacial score (nSPS) is 10.6. The van der Waals surface area contributed by atoms with Gasteiger partial charge in [0.2, 0.25) is 0 Å². The van der Waals surface area contributed by atoms with Crippen molar-refractivity contribution in [3.63, 3.8) is 0 Å². The Kier molecular flexibility index (Phi) is 4.12. The molecule has 1 aromatic heterocycles. The molecule has 3 aromatic carbocycles. The van der Waals surface area contributed by atoms with Crippen LogP contribution < -0.4 is 5.73 Å². The van der Waals surface area contributed by atoms with Crippen molar-refractivity contribution in [2.24, 2.45) is 0 Å². The second-order valence-electron chi connectivity index (χ2n) is 6.15. The number of aromatic nitrogens is 1. The van der Waals surface area contributed by atoms with Crippen LogP contribution in [0.25, 0.3) is 16.8 Å². The Morgan fingerprint density at radius 1 is 0.731 bits per heavy atom. The van der Waals surface area contributed by atoms with Gasteiger partial charge in [0.05, 0.1) is 17.1 Å². The summed E-state index contributed by atoms with van der Waals surface area (Å²) in [5.74, 6) is 0. The zero-order valence-electron chi connectivity index (χ0n) is 14.3. The summed E-state index contributed by atoms with van der Waals surface area (Å²) in [4.78, 5) is 0. The van der Waals surface area contributed by atoms with Crippen LogP contribution in [0.5, 0.6) is 0 Å². The highest BCUT2D eigenvalue weighted by molar-refractivity contribution is 6.13. The van der Waals surface area contributed by atoms with Gasteiger partial charge in [0, 0.05) is 17.4 Å². The molecule has 126 valence electrons. The maximum Gasteiger partial charge on any atom is 0.0945 e. The summed E-state index contributed by atoms with van der Waals surface area (Å²) in [5, 5.41) is 8.78. The van der Waals surface area contributed by atoms with Gasteiger partial charge in [-0.2, -0.15) is 0 Å². The Bertz CT molecular complexity index is 1050. The summed E-state index contributed by atoms with van der Waals surface area (Å²) < 4.78 is 1.97. The monoisotopic (exact) mass is 337 g/mol. The third-order valence-corrected chi connectivity index (χ3v) is 4.45. The molecular formula is C23H19N3. The maximum atomic E-state index is 8.78. The van der Waals surface area contributed by atoms with E-state index < -0.39 is 0 Å². The number of hydrogen-bond acceptors (Lipinski definition) is 2. The predicted octanol–water partition coefficient (Wildman–Crippen LogP) is 5.14. The molecule has 3 N–H and O–H groups in total. The van der Waals surface area contributed by atoms with Crippen molar-refractivity contribution >= 4 is 11.4 Å². The van der Waals surface area contributed by atoms with Gasteiger partial charge in [-0.05, 0) is 35.4 Å². The molecule has 0 amide bonds. The number of nitrogens with zero attached hydrogens (tertiary/aromatic N) is 1. The quantitative estimate of drug-likeness (QED) is 0.498. The van der Waals surface area contributed by atoms with Crippen molar-refractivity contribution in [3.8, 4) is 16.8 Å². The smallest absolute Gasteiger partial charge is 0.0945 e. The lowest BCUT2D eigenvalue weighted by molar-refractivity contribution is 1.06. The van der Waals surface area contributed by atoms with Gasteiger partial charge < -0.3 is 10.3 Å². The molecular weight excluding hydrogens is 318 g/mol. The van der Waals surface area contributed by atoms with E-state index in [1.165, 1.54) is 0 Å². The van der Waals surface area contributed by atoms with Gasteiger partial charge in [0.1, 0.15) is 0 Å². The Morgan fingerprint density at radius 2 is 1.38 bits per heavy atom. The van der Waals surface area contributed by atoms with Crippen LogP contribution in [0.15, 0.2) is 97.2 Å². The first-order valence-corrected chi connectivity index (χ1v) is 8.51. The Balaban J connectivity index is 1.77. The minimum absolute atomic E-state index is 0.411. The van der Waals surface area contributed by atoms with Gasteiger partial charge in [-0.25, -0.2) is 0 Å². The highest BCUT2D eigenvalue weighted by Crippen LogP contribution is 2.25. The zero-order chi connectivity index (χ0) is 17.9. The molecule has 0 radical (unpaired) electrons. The lowest BCUT2D eigenvalue weighted by Gasteiger charge is -2.13. The standard InChI is InChI=1S/C23H19N3/c24-21-14-15-26(20-12-5-2-6-13-20)23(21)22(25)19-11-7-10-18(16-19)17-8-3-1-4-9-17/h1-16,25H,24H2. The van der Waals surface area contributed by atoms with Crippen molar-refractivity contribution < 1.29 is 0 Å². The first-order chi connectivity index (χ1) is 12.7. The SMILES string of the molecule is N=C(c1cccc(-c2ccccc2)c1)c1c(N)ccn1-c1ccccc1. The maximum absolute atomic E-state index is 8.78. The summed E-state index contributed by atoms with van der Waals surface area (Å²) in [7, 11) is 0. The van der Waals surface area contributed by atoms with E-state index in [4.69, 9.17) is 11.1 Å². The lowest BCUT2D eigenvalue weighted by atomic mass is 9.99. The molecule has 4 aromatic rings. The summed E-state index contributed by atoms with van der Waals surface area (Å²) in [6.45, 7) is 0. The fourth-order valence-electron chi connectivity index (χ4n) is 3.14. The number of para-hydroxylation sites is 1. The van der Waals surface area contributed by atoms with Gasteiger partial charge in [-0.1, -0.05) is 66.7 Å². The van der Waals surface area contributed by atoms with E-state index >= 15 is 0 Å². The Hall–Kier alpha value is -3.59. The summed E-state index contributed by atoms with van der Waals surface area (Å²) in [6.07, 6.45) is 1.91.